The van der Waals surface area contributed by atoms with Gasteiger partial charge in [-0.1, -0.05) is 75.5 Å². The Morgan fingerprint density at radius 2 is 1.68 bits per heavy atom. The van der Waals surface area contributed by atoms with E-state index in [1.807, 2.05) is 0 Å². The van der Waals surface area contributed by atoms with E-state index in [-0.39, 0.29) is 17.2 Å². The second-order valence-electron chi connectivity index (χ2n) is 8.58. The van der Waals surface area contributed by atoms with Crippen LogP contribution in [0.25, 0.3) is 11.3 Å². The normalized spacial score (nSPS) is 12.6. The van der Waals surface area contributed by atoms with E-state index < -0.39 is 5.97 Å². The van der Waals surface area contributed by atoms with Crippen molar-refractivity contribution in [3.63, 3.8) is 0 Å². The molecule has 5 rings (SSSR count). The van der Waals surface area contributed by atoms with Crippen molar-refractivity contribution in [2.45, 2.75) is 25.4 Å². The average Bonchev–Trinajstić information content (AvgIpc) is 3.67. The largest absolute Gasteiger partial charge is 0.489 e. The summed E-state index contributed by atoms with van der Waals surface area (Å²) in [5.41, 5.74) is 3.29. The van der Waals surface area contributed by atoms with Crippen molar-refractivity contribution in [3.8, 4) is 28.8 Å². The van der Waals surface area contributed by atoms with E-state index in [2.05, 4.69) is 17.0 Å². The van der Waals surface area contributed by atoms with E-state index in [0.29, 0.717) is 49.1 Å². The van der Waals surface area contributed by atoms with Crippen molar-refractivity contribution in [3.05, 3.63) is 103 Å². The van der Waals surface area contributed by atoms with Gasteiger partial charge >= 0.3 is 5.97 Å². The highest BCUT2D eigenvalue weighted by atomic mass is 35.5. The van der Waals surface area contributed by atoms with Gasteiger partial charge in [0, 0.05) is 28.7 Å². The van der Waals surface area contributed by atoms with Crippen molar-refractivity contribution >= 4 is 52.4 Å². The van der Waals surface area contributed by atoms with Crippen molar-refractivity contribution in [2.75, 3.05) is 7.11 Å². The lowest BCUT2D eigenvalue weighted by Gasteiger charge is -2.10. The fraction of sp³-hybridized carbons (Fsp3) is 0.172. The maximum Gasteiger partial charge on any atom is 0.339 e. The van der Waals surface area contributed by atoms with Gasteiger partial charge in [-0.25, -0.2) is 4.79 Å². The number of rotatable bonds is 6. The number of halogens is 4. The number of nitrogens with zero attached hydrogens (tertiary/aromatic N) is 1. The molecule has 0 saturated heterocycles. The van der Waals surface area contributed by atoms with Gasteiger partial charge in [-0.3, -0.25) is 0 Å². The Morgan fingerprint density at radius 3 is 2.37 bits per heavy atom. The lowest BCUT2D eigenvalue weighted by Crippen LogP contribution is -2.02. The first-order valence-corrected chi connectivity index (χ1v) is 13.1. The summed E-state index contributed by atoms with van der Waals surface area (Å²) in [4.78, 5) is 11.9. The Balaban J connectivity index is 1.38. The molecule has 5 nitrogen and oxygen atoms in total. The molecule has 0 spiro atoms. The van der Waals surface area contributed by atoms with Gasteiger partial charge in [-0.2, -0.15) is 0 Å². The molecule has 1 aromatic heterocycles. The van der Waals surface area contributed by atoms with Gasteiger partial charge in [-0.15, -0.1) is 0 Å². The second kappa shape index (κ2) is 11.3. The Kier molecular flexibility index (Phi) is 7.88. The molecule has 1 saturated carbocycles. The van der Waals surface area contributed by atoms with Crippen LogP contribution in [0.1, 0.15) is 51.6 Å². The van der Waals surface area contributed by atoms with Gasteiger partial charge in [0.25, 0.3) is 0 Å². The van der Waals surface area contributed by atoms with Gasteiger partial charge in [0.15, 0.2) is 0 Å². The molecular formula is C29H19Cl4NO4. The summed E-state index contributed by atoms with van der Waals surface area (Å²) in [5.74, 6) is 7.07. The smallest absolute Gasteiger partial charge is 0.339 e. The molecule has 0 bridgehead atoms. The number of hydrogen-bond donors (Lipinski definition) is 0. The topological polar surface area (TPSA) is 61.6 Å². The fourth-order valence-corrected chi connectivity index (χ4v) is 4.97. The first-order valence-electron chi connectivity index (χ1n) is 11.6. The predicted molar refractivity (Wildman–Crippen MR) is 148 cm³/mol. The SMILES string of the molecule is COC(=O)c1cccc(C#Cc2ccc(OCc3c(-c4c(Cl)cccc4Cl)noc3C3CC3)cc2Cl)c1Cl. The molecule has 0 amide bonds. The van der Waals surface area contributed by atoms with Crippen LogP contribution in [0.2, 0.25) is 20.1 Å². The Morgan fingerprint density at radius 1 is 0.974 bits per heavy atom. The Bertz CT molecular complexity index is 1580. The molecule has 4 aromatic rings. The van der Waals surface area contributed by atoms with E-state index in [4.69, 9.17) is 60.4 Å². The third-order valence-electron chi connectivity index (χ3n) is 6.03. The number of methoxy groups -OCH3 is 1. The highest BCUT2D eigenvalue weighted by Gasteiger charge is 2.33. The van der Waals surface area contributed by atoms with Crippen molar-refractivity contribution in [2.24, 2.45) is 0 Å². The summed E-state index contributed by atoms with van der Waals surface area (Å²) < 4.78 is 16.5. The fourth-order valence-electron chi connectivity index (χ4n) is 3.92. The lowest BCUT2D eigenvalue weighted by molar-refractivity contribution is 0.0601. The highest BCUT2D eigenvalue weighted by molar-refractivity contribution is 6.39. The molecule has 3 aromatic carbocycles. The number of hydrogen-bond acceptors (Lipinski definition) is 5. The van der Waals surface area contributed by atoms with Crippen LogP contribution < -0.4 is 4.74 Å². The van der Waals surface area contributed by atoms with Gasteiger partial charge in [0.2, 0.25) is 0 Å². The van der Waals surface area contributed by atoms with Crippen LogP contribution in [0, 0.1) is 11.8 Å². The van der Waals surface area contributed by atoms with Crippen LogP contribution in [-0.4, -0.2) is 18.2 Å². The van der Waals surface area contributed by atoms with Gasteiger partial charge in [0.05, 0.1) is 38.3 Å². The number of aromatic nitrogens is 1. The molecule has 1 fully saturated rings. The van der Waals surface area contributed by atoms with Crippen molar-refractivity contribution in [1.29, 1.82) is 0 Å². The van der Waals surface area contributed by atoms with Crippen LogP contribution >= 0.6 is 46.4 Å². The Labute approximate surface area is 239 Å². The molecule has 0 radical (unpaired) electrons. The van der Waals surface area contributed by atoms with Gasteiger partial charge in [0.1, 0.15) is 23.8 Å². The number of esters is 1. The molecule has 192 valence electrons. The first-order chi connectivity index (χ1) is 18.4. The zero-order chi connectivity index (χ0) is 26.8. The minimum absolute atomic E-state index is 0.198. The third-order valence-corrected chi connectivity index (χ3v) is 7.38. The lowest BCUT2D eigenvalue weighted by atomic mass is 10.0. The quantitative estimate of drug-likeness (QED) is 0.167. The molecule has 0 atom stereocenters. The van der Waals surface area contributed by atoms with E-state index in [1.54, 1.807) is 54.6 Å². The average molecular weight is 587 g/mol. The maximum absolute atomic E-state index is 11.9. The minimum Gasteiger partial charge on any atom is -0.489 e. The first kappa shape index (κ1) is 26.5. The third kappa shape index (κ3) is 5.50. The van der Waals surface area contributed by atoms with Crippen molar-refractivity contribution < 1.29 is 18.8 Å². The second-order valence-corrected chi connectivity index (χ2v) is 10.2. The standard InChI is InChI=1S/C29H19Cl4NO4/c1-36-29(35)20-5-2-4-17(26(20)33)9-8-16-12-13-19(14-24(16)32)37-15-21-27(34-38-28(21)18-10-11-18)25-22(30)6-3-7-23(25)31/h2-7,12-14,18H,10-11,15H2,1H3. The monoisotopic (exact) mass is 585 g/mol. The minimum atomic E-state index is -0.532. The molecule has 9 heteroatoms. The summed E-state index contributed by atoms with van der Waals surface area (Å²) in [6, 6.07) is 15.5. The summed E-state index contributed by atoms with van der Waals surface area (Å²) >= 11 is 25.7. The molecule has 0 aliphatic heterocycles. The molecular weight excluding hydrogens is 568 g/mol. The summed E-state index contributed by atoms with van der Waals surface area (Å²) in [6.07, 6.45) is 2.06. The zero-order valence-electron chi connectivity index (χ0n) is 20.0. The molecule has 1 heterocycles. The molecule has 38 heavy (non-hydrogen) atoms. The number of carbonyl (C=O) groups excluding carboxylic acids is 1. The van der Waals surface area contributed by atoms with E-state index in [0.717, 1.165) is 24.2 Å². The number of carbonyl (C=O) groups is 1. The van der Waals surface area contributed by atoms with Crippen LogP contribution in [0.15, 0.2) is 59.1 Å². The number of ether oxygens (including phenoxy) is 2. The molecule has 1 aliphatic carbocycles. The molecule has 0 unspecified atom stereocenters. The summed E-state index contributed by atoms with van der Waals surface area (Å²) in [6.45, 7) is 0.198. The zero-order valence-corrected chi connectivity index (χ0v) is 23.0. The molecule has 0 N–H and O–H groups in total. The Hall–Kier alpha value is -3.14. The van der Waals surface area contributed by atoms with Gasteiger partial charge in [-0.05, 0) is 49.2 Å². The summed E-state index contributed by atoms with van der Waals surface area (Å²) in [7, 11) is 1.29. The summed E-state index contributed by atoms with van der Waals surface area (Å²) in [5, 5.41) is 5.88. The van der Waals surface area contributed by atoms with Crippen molar-refractivity contribution in [1.82, 2.24) is 5.16 Å². The highest BCUT2D eigenvalue weighted by Crippen LogP contribution is 2.46. The van der Waals surface area contributed by atoms with E-state index >= 15 is 0 Å². The number of benzene rings is 3. The van der Waals surface area contributed by atoms with Crippen LogP contribution in [0.3, 0.4) is 0 Å². The maximum atomic E-state index is 11.9. The van der Waals surface area contributed by atoms with E-state index in [9.17, 15) is 4.79 Å². The van der Waals surface area contributed by atoms with Crippen LogP contribution in [0.4, 0.5) is 0 Å². The van der Waals surface area contributed by atoms with E-state index in [1.165, 1.54) is 7.11 Å². The molecule has 1 aliphatic rings. The predicted octanol–water partition coefficient (Wildman–Crippen LogP) is 8.60. The van der Waals surface area contributed by atoms with Crippen LogP contribution in [-0.2, 0) is 11.3 Å². The van der Waals surface area contributed by atoms with Gasteiger partial charge < -0.3 is 14.0 Å². The van der Waals surface area contributed by atoms with Crippen LogP contribution in [0.5, 0.6) is 5.75 Å².